The summed E-state index contributed by atoms with van der Waals surface area (Å²) in [5.74, 6) is -0.848. The second kappa shape index (κ2) is 11.8. The molecule has 0 radical (unpaired) electrons. The molecule has 8 nitrogen and oxygen atoms in total. The lowest BCUT2D eigenvalue weighted by molar-refractivity contribution is -0.120. The molecule has 2 rings (SSSR count). The number of benzene rings is 2. The topological polar surface area (TPSA) is 98.8 Å². The smallest absolute Gasteiger partial charge is 0.251 e. The van der Waals surface area contributed by atoms with Gasteiger partial charge in [-0.1, -0.05) is 44.2 Å². The molecule has 0 saturated heterocycles. The van der Waals surface area contributed by atoms with Crippen molar-refractivity contribution in [2.24, 2.45) is 0 Å². The quantitative estimate of drug-likeness (QED) is 0.533. The minimum atomic E-state index is -3.65. The van der Waals surface area contributed by atoms with Crippen LogP contribution in [0, 0.1) is 0 Å². The zero-order chi connectivity index (χ0) is 23.7. The van der Waals surface area contributed by atoms with Crippen molar-refractivity contribution < 1.29 is 18.0 Å². The lowest BCUT2D eigenvalue weighted by Crippen LogP contribution is -2.36. The Balaban J connectivity index is 1.85. The van der Waals surface area contributed by atoms with E-state index < -0.39 is 15.9 Å². The molecule has 0 heterocycles. The van der Waals surface area contributed by atoms with E-state index in [0.717, 1.165) is 29.5 Å². The number of carbonyl (C=O) groups is 2. The molecule has 0 aliphatic rings. The van der Waals surface area contributed by atoms with E-state index in [9.17, 15) is 18.0 Å². The average molecular weight is 461 g/mol. The summed E-state index contributed by atoms with van der Waals surface area (Å²) in [5.41, 5.74) is 2.36. The molecule has 0 aromatic heterocycles. The number of nitrogens with zero attached hydrogens (tertiary/aromatic N) is 2. The van der Waals surface area contributed by atoms with Gasteiger partial charge in [0.05, 0.1) is 11.4 Å². The van der Waals surface area contributed by atoms with Gasteiger partial charge in [-0.25, -0.2) is 12.7 Å². The monoisotopic (exact) mass is 460 g/mol. The van der Waals surface area contributed by atoms with E-state index in [4.69, 9.17) is 0 Å². The van der Waals surface area contributed by atoms with Crippen molar-refractivity contribution in [2.45, 2.75) is 31.8 Å². The molecule has 174 valence electrons. The Bertz CT molecular complexity index is 1020. The molecule has 2 N–H and O–H groups in total. The molecule has 0 bridgehead atoms. The van der Waals surface area contributed by atoms with Crippen molar-refractivity contribution in [3.05, 3.63) is 65.2 Å². The van der Waals surface area contributed by atoms with Crippen LogP contribution in [0.15, 0.2) is 53.4 Å². The van der Waals surface area contributed by atoms with Crippen molar-refractivity contribution in [2.75, 3.05) is 33.7 Å². The standard InChI is InChI=1S/C23H32N4O4S/c1-5-27(6-2)17-19-12-10-18(11-13-19)15-24-22(28)16-25-23(29)20-8-7-9-21(14-20)32(30,31)26(3)4/h7-14H,5-6,15-17H2,1-4H3,(H,24,28)(H,25,29). The fourth-order valence-electron chi connectivity index (χ4n) is 3.00. The highest BCUT2D eigenvalue weighted by Gasteiger charge is 2.19. The molecule has 0 aliphatic carbocycles. The van der Waals surface area contributed by atoms with Gasteiger partial charge < -0.3 is 10.6 Å². The third kappa shape index (κ3) is 7.15. The van der Waals surface area contributed by atoms with Crippen LogP contribution in [-0.2, 0) is 27.9 Å². The number of rotatable bonds is 11. The van der Waals surface area contributed by atoms with Crippen LogP contribution in [0.1, 0.15) is 35.3 Å². The second-order valence-corrected chi connectivity index (χ2v) is 9.70. The molecule has 0 unspecified atom stereocenters. The first-order valence-electron chi connectivity index (χ1n) is 10.5. The van der Waals surface area contributed by atoms with Crippen LogP contribution in [0.2, 0.25) is 0 Å². The lowest BCUT2D eigenvalue weighted by atomic mass is 10.1. The molecule has 0 atom stereocenters. The average Bonchev–Trinajstić information content (AvgIpc) is 2.80. The van der Waals surface area contributed by atoms with E-state index in [-0.39, 0.29) is 22.9 Å². The van der Waals surface area contributed by atoms with Crippen LogP contribution in [-0.4, -0.2) is 63.2 Å². The number of amides is 2. The minimum absolute atomic E-state index is 0.0176. The summed E-state index contributed by atoms with van der Waals surface area (Å²) in [4.78, 5) is 26.8. The van der Waals surface area contributed by atoms with Crippen molar-refractivity contribution in [3.8, 4) is 0 Å². The maximum atomic E-state index is 12.3. The third-order valence-corrected chi connectivity index (χ3v) is 6.91. The number of nitrogens with one attached hydrogen (secondary N) is 2. The molecule has 0 aliphatic heterocycles. The lowest BCUT2D eigenvalue weighted by Gasteiger charge is -2.18. The molecule has 2 amide bonds. The van der Waals surface area contributed by atoms with Gasteiger partial charge in [-0.05, 0) is 42.4 Å². The van der Waals surface area contributed by atoms with E-state index in [0.29, 0.717) is 6.54 Å². The SMILES string of the molecule is CCN(CC)Cc1ccc(CNC(=O)CNC(=O)c2cccc(S(=O)(=O)N(C)C)c2)cc1. The van der Waals surface area contributed by atoms with Gasteiger partial charge in [0.2, 0.25) is 15.9 Å². The summed E-state index contributed by atoms with van der Waals surface area (Å²) in [5, 5.41) is 5.29. The van der Waals surface area contributed by atoms with Crippen LogP contribution in [0.4, 0.5) is 0 Å². The molecule has 9 heteroatoms. The van der Waals surface area contributed by atoms with Crippen LogP contribution in [0.5, 0.6) is 0 Å². The van der Waals surface area contributed by atoms with Gasteiger partial charge in [0, 0.05) is 32.7 Å². The first kappa shape index (κ1) is 25.5. The Morgan fingerprint density at radius 1 is 0.906 bits per heavy atom. The normalized spacial score (nSPS) is 11.6. The Morgan fingerprint density at radius 3 is 2.12 bits per heavy atom. The first-order valence-corrected chi connectivity index (χ1v) is 12.0. The van der Waals surface area contributed by atoms with Gasteiger partial charge in [-0.3, -0.25) is 14.5 Å². The number of carbonyl (C=O) groups excluding carboxylic acids is 2. The molecule has 0 fully saturated rings. The Hall–Kier alpha value is -2.75. The predicted octanol–water partition coefficient (Wildman–Crippen LogP) is 1.82. The van der Waals surface area contributed by atoms with Gasteiger partial charge in [-0.15, -0.1) is 0 Å². The zero-order valence-corrected chi connectivity index (χ0v) is 19.9. The van der Waals surface area contributed by atoms with E-state index in [1.807, 2.05) is 12.1 Å². The molecule has 0 saturated carbocycles. The number of hydrogen-bond acceptors (Lipinski definition) is 5. The second-order valence-electron chi connectivity index (χ2n) is 7.55. The van der Waals surface area contributed by atoms with Crippen LogP contribution >= 0.6 is 0 Å². The highest BCUT2D eigenvalue weighted by atomic mass is 32.2. The fourth-order valence-corrected chi connectivity index (χ4v) is 3.95. The Labute approximate surface area is 190 Å². The summed E-state index contributed by atoms with van der Waals surface area (Å²) in [6.45, 7) is 7.30. The summed E-state index contributed by atoms with van der Waals surface area (Å²) < 4.78 is 25.5. The summed E-state index contributed by atoms with van der Waals surface area (Å²) in [6, 6.07) is 13.8. The summed E-state index contributed by atoms with van der Waals surface area (Å²) in [6.07, 6.45) is 0. The van der Waals surface area contributed by atoms with Gasteiger partial charge in [-0.2, -0.15) is 0 Å². The molecule has 0 spiro atoms. The number of sulfonamides is 1. The molecule has 2 aromatic carbocycles. The van der Waals surface area contributed by atoms with Crippen molar-refractivity contribution >= 4 is 21.8 Å². The maximum Gasteiger partial charge on any atom is 0.251 e. The van der Waals surface area contributed by atoms with Crippen LogP contribution in [0.25, 0.3) is 0 Å². The first-order chi connectivity index (χ1) is 15.2. The Morgan fingerprint density at radius 2 is 1.53 bits per heavy atom. The highest BCUT2D eigenvalue weighted by Crippen LogP contribution is 2.14. The Kier molecular flexibility index (Phi) is 9.37. The predicted molar refractivity (Wildman–Crippen MR) is 125 cm³/mol. The summed E-state index contributed by atoms with van der Waals surface area (Å²) in [7, 11) is -0.802. The van der Waals surface area contributed by atoms with Crippen molar-refractivity contribution in [1.29, 1.82) is 0 Å². The highest BCUT2D eigenvalue weighted by molar-refractivity contribution is 7.89. The van der Waals surface area contributed by atoms with E-state index in [2.05, 4.69) is 41.5 Å². The van der Waals surface area contributed by atoms with E-state index in [1.54, 1.807) is 0 Å². The van der Waals surface area contributed by atoms with Gasteiger partial charge in [0.1, 0.15) is 0 Å². The van der Waals surface area contributed by atoms with E-state index >= 15 is 0 Å². The van der Waals surface area contributed by atoms with Crippen molar-refractivity contribution in [3.63, 3.8) is 0 Å². The van der Waals surface area contributed by atoms with E-state index in [1.165, 1.54) is 43.9 Å². The third-order valence-electron chi connectivity index (χ3n) is 5.10. The fraction of sp³-hybridized carbons (Fsp3) is 0.391. The number of hydrogen-bond donors (Lipinski definition) is 2. The maximum absolute atomic E-state index is 12.3. The molecule has 32 heavy (non-hydrogen) atoms. The van der Waals surface area contributed by atoms with Crippen LogP contribution in [0.3, 0.4) is 0 Å². The van der Waals surface area contributed by atoms with Gasteiger partial charge >= 0.3 is 0 Å². The largest absolute Gasteiger partial charge is 0.350 e. The molecule has 2 aromatic rings. The zero-order valence-electron chi connectivity index (χ0n) is 19.1. The van der Waals surface area contributed by atoms with Crippen molar-refractivity contribution in [1.82, 2.24) is 19.8 Å². The molecular formula is C23H32N4O4S. The van der Waals surface area contributed by atoms with Crippen LogP contribution < -0.4 is 10.6 Å². The molecular weight excluding hydrogens is 428 g/mol. The van der Waals surface area contributed by atoms with Gasteiger partial charge in [0.25, 0.3) is 5.91 Å². The summed E-state index contributed by atoms with van der Waals surface area (Å²) >= 11 is 0. The minimum Gasteiger partial charge on any atom is -0.350 e. The van der Waals surface area contributed by atoms with Gasteiger partial charge in [0.15, 0.2) is 0 Å².